The number of methoxy groups -OCH3 is 2. The Bertz CT molecular complexity index is 670. The van der Waals surface area contributed by atoms with Gasteiger partial charge in [0.25, 0.3) is 5.85 Å². The standard InChI is InChI=1S/C20H31O9P/c1-5-28-30(23,29-6-2)20(25-4)19(22)27-15-11-10-14-26-18(21)17(24-3)16-12-8-7-9-13-16/h7-9,12-13,17,20H,5-6,10-11,14-15H2,1-4H3. The van der Waals surface area contributed by atoms with Crippen molar-refractivity contribution in [2.75, 3.05) is 40.6 Å². The molecule has 10 heteroatoms. The molecule has 0 radical (unpaired) electrons. The van der Waals surface area contributed by atoms with Crippen molar-refractivity contribution in [2.45, 2.75) is 38.6 Å². The van der Waals surface area contributed by atoms with Gasteiger partial charge >= 0.3 is 19.5 Å². The van der Waals surface area contributed by atoms with Crippen LogP contribution in [0.2, 0.25) is 0 Å². The molecule has 0 aromatic heterocycles. The first-order chi connectivity index (χ1) is 14.4. The summed E-state index contributed by atoms with van der Waals surface area (Å²) < 4.78 is 43.5. The largest absolute Gasteiger partial charge is 0.464 e. The van der Waals surface area contributed by atoms with Crippen LogP contribution in [0.15, 0.2) is 30.3 Å². The van der Waals surface area contributed by atoms with Gasteiger partial charge in [0.15, 0.2) is 6.10 Å². The van der Waals surface area contributed by atoms with Gasteiger partial charge in [0.05, 0.1) is 26.4 Å². The lowest BCUT2D eigenvalue weighted by Crippen LogP contribution is -2.28. The molecule has 0 bridgehead atoms. The summed E-state index contributed by atoms with van der Waals surface area (Å²) in [6.07, 6.45) is 0.112. The van der Waals surface area contributed by atoms with E-state index in [1.54, 1.807) is 26.0 Å². The molecule has 0 fully saturated rings. The third-order valence-electron chi connectivity index (χ3n) is 3.91. The Hall–Kier alpha value is -1.77. The molecular weight excluding hydrogens is 415 g/mol. The SMILES string of the molecule is CCOP(=O)(OCC)C(OC)C(=O)OCCCCOC(=O)C(OC)c1ccccc1. The van der Waals surface area contributed by atoms with E-state index in [-0.39, 0.29) is 26.4 Å². The van der Waals surface area contributed by atoms with Crippen molar-refractivity contribution in [2.24, 2.45) is 0 Å². The molecular formula is C20H31O9P. The molecule has 0 spiro atoms. The maximum atomic E-state index is 12.7. The number of rotatable bonds is 15. The number of carbonyl (C=O) groups is 2. The Balaban J connectivity index is 2.39. The first kappa shape index (κ1) is 26.3. The summed E-state index contributed by atoms with van der Waals surface area (Å²) in [5.41, 5.74) is 0.706. The van der Waals surface area contributed by atoms with Gasteiger partial charge in [-0.25, -0.2) is 9.59 Å². The summed E-state index contributed by atoms with van der Waals surface area (Å²) in [4.78, 5) is 24.4. The molecule has 30 heavy (non-hydrogen) atoms. The first-order valence-electron chi connectivity index (χ1n) is 9.76. The summed E-state index contributed by atoms with van der Waals surface area (Å²) >= 11 is 0. The van der Waals surface area contributed by atoms with Crippen LogP contribution >= 0.6 is 7.60 Å². The van der Waals surface area contributed by atoms with Crippen LogP contribution < -0.4 is 0 Å². The second kappa shape index (κ2) is 14.3. The normalized spacial score (nSPS) is 13.5. The fourth-order valence-corrected chi connectivity index (χ4v) is 4.24. The van der Waals surface area contributed by atoms with Gasteiger partial charge in [-0.15, -0.1) is 0 Å². The zero-order valence-corrected chi connectivity index (χ0v) is 18.8. The molecule has 2 unspecified atom stereocenters. The number of hydrogen-bond donors (Lipinski definition) is 0. The van der Waals surface area contributed by atoms with Crippen LogP contribution in [0.3, 0.4) is 0 Å². The Morgan fingerprint density at radius 2 is 1.40 bits per heavy atom. The van der Waals surface area contributed by atoms with E-state index >= 15 is 0 Å². The van der Waals surface area contributed by atoms with Crippen LogP contribution in [0.1, 0.15) is 38.4 Å². The van der Waals surface area contributed by atoms with Gasteiger partial charge in [0.1, 0.15) is 0 Å². The zero-order valence-electron chi connectivity index (χ0n) is 17.9. The number of unbranched alkanes of at least 4 members (excludes halogenated alkanes) is 1. The van der Waals surface area contributed by atoms with Crippen molar-refractivity contribution in [3.63, 3.8) is 0 Å². The Morgan fingerprint density at radius 1 is 0.867 bits per heavy atom. The van der Waals surface area contributed by atoms with Gasteiger partial charge < -0.3 is 28.0 Å². The predicted molar refractivity (Wildman–Crippen MR) is 109 cm³/mol. The van der Waals surface area contributed by atoms with Crippen LogP contribution in [-0.2, 0) is 42.1 Å². The third-order valence-corrected chi connectivity index (χ3v) is 6.14. The predicted octanol–water partition coefficient (Wildman–Crippen LogP) is 3.48. The van der Waals surface area contributed by atoms with Gasteiger partial charge in [-0.1, -0.05) is 30.3 Å². The average Bonchev–Trinajstić information content (AvgIpc) is 2.72. The molecule has 170 valence electrons. The molecule has 1 rings (SSSR count). The molecule has 9 nitrogen and oxygen atoms in total. The van der Waals surface area contributed by atoms with E-state index in [1.807, 2.05) is 18.2 Å². The van der Waals surface area contributed by atoms with Crippen LogP contribution in [-0.4, -0.2) is 58.4 Å². The second-order valence-corrected chi connectivity index (χ2v) is 8.10. The molecule has 1 aromatic rings. The van der Waals surface area contributed by atoms with Crippen LogP contribution in [0.4, 0.5) is 0 Å². The molecule has 0 saturated carbocycles. The fourth-order valence-electron chi connectivity index (χ4n) is 2.58. The molecule has 0 heterocycles. The Labute approximate surface area is 177 Å². The van der Waals surface area contributed by atoms with Crippen molar-refractivity contribution in [1.29, 1.82) is 0 Å². The number of esters is 2. The van der Waals surface area contributed by atoms with Gasteiger partial charge in [-0.3, -0.25) is 4.57 Å². The molecule has 0 aliphatic carbocycles. The highest BCUT2D eigenvalue weighted by Crippen LogP contribution is 2.53. The number of benzene rings is 1. The minimum absolute atomic E-state index is 0.0425. The smallest absolute Gasteiger partial charge is 0.370 e. The van der Waals surface area contributed by atoms with E-state index in [2.05, 4.69) is 0 Å². The maximum absolute atomic E-state index is 12.7. The van der Waals surface area contributed by atoms with E-state index in [1.165, 1.54) is 14.2 Å². The highest BCUT2D eigenvalue weighted by molar-refractivity contribution is 7.55. The molecule has 0 amide bonds. The van der Waals surface area contributed by atoms with Crippen molar-refractivity contribution in [3.8, 4) is 0 Å². The highest BCUT2D eigenvalue weighted by Gasteiger charge is 2.42. The van der Waals surface area contributed by atoms with E-state index in [0.717, 1.165) is 0 Å². The van der Waals surface area contributed by atoms with Crippen molar-refractivity contribution >= 4 is 19.5 Å². The summed E-state index contributed by atoms with van der Waals surface area (Å²) in [5.74, 6) is -2.78. The quantitative estimate of drug-likeness (QED) is 0.227. The monoisotopic (exact) mass is 446 g/mol. The summed E-state index contributed by atoms with van der Waals surface area (Å²) in [5, 5.41) is 0. The number of hydrogen-bond acceptors (Lipinski definition) is 9. The third kappa shape index (κ3) is 8.16. The van der Waals surface area contributed by atoms with Crippen LogP contribution in [0.25, 0.3) is 0 Å². The summed E-state index contributed by atoms with van der Waals surface area (Å²) in [6.45, 7) is 3.66. The molecule has 2 atom stereocenters. The highest BCUT2D eigenvalue weighted by atomic mass is 31.2. The average molecular weight is 446 g/mol. The van der Waals surface area contributed by atoms with Crippen LogP contribution in [0, 0.1) is 0 Å². The van der Waals surface area contributed by atoms with Crippen molar-refractivity contribution < 1.29 is 42.1 Å². The Kier molecular flexibility index (Phi) is 12.5. The molecule has 1 aromatic carbocycles. The van der Waals surface area contributed by atoms with Gasteiger partial charge in [-0.05, 0) is 32.3 Å². The van der Waals surface area contributed by atoms with E-state index in [4.69, 9.17) is 28.0 Å². The Morgan fingerprint density at radius 3 is 1.87 bits per heavy atom. The number of ether oxygens (including phenoxy) is 4. The fraction of sp³-hybridized carbons (Fsp3) is 0.600. The lowest BCUT2D eigenvalue weighted by Gasteiger charge is -2.23. The van der Waals surface area contributed by atoms with E-state index < -0.39 is 31.5 Å². The van der Waals surface area contributed by atoms with E-state index in [0.29, 0.717) is 18.4 Å². The summed E-state index contributed by atoms with van der Waals surface area (Å²) in [6, 6.07) is 9.03. The van der Waals surface area contributed by atoms with Crippen molar-refractivity contribution in [3.05, 3.63) is 35.9 Å². The second-order valence-electron chi connectivity index (χ2n) is 6.03. The molecule has 0 aliphatic rings. The van der Waals surface area contributed by atoms with Gasteiger partial charge in [-0.2, -0.15) is 0 Å². The number of carbonyl (C=O) groups excluding carboxylic acids is 2. The minimum Gasteiger partial charge on any atom is -0.464 e. The van der Waals surface area contributed by atoms with Gasteiger partial charge in [0, 0.05) is 14.2 Å². The van der Waals surface area contributed by atoms with Crippen molar-refractivity contribution in [1.82, 2.24) is 0 Å². The topological polar surface area (TPSA) is 107 Å². The molecule has 0 aliphatic heterocycles. The first-order valence-corrected chi connectivity index (χ1v) is 11.4. The maximum Gasteiger partial charge on any atom is 0.370 e. The van der Waals surface area contributed by atoms with E-state index in [9.17, 15) is 14.2 Å². The molecule has 0 saturated heterocycles. The molecule has 0 N–H and O–H groups in total. The summed E-state index contributed by atoms with van der Waals surface area (Å²) in [7, 11) is -1.11. The zero-order chi connectivity index (χ0) is 22.4. The van der Waals surface area contributed by atoms with Crippen LogP contribution in [0.5, 0.6) is 0 Å². The lowest BCUT2D eigenvalue weighted by molar-refractivity contribution is -0.157. The minimum atomic E-state index is -3.78. The lowest BCUT2D eigenvalue weighted by atomic mass is 10.1. The van der Waals surface area contributed by atoms with Gasteiger partial charge in [0.2, 0.25) is 0 Å².